The summed E-state index contributed by atoms with van der Waals surface area (Å²) in [6.07, 6.45) is 0. The van der Waals surface area contributed by atoms with Crippen molar-refractivity contribution in [3.8, 4) is 10.4 Å². The smallest absolute Gasteiger partial charge is 0.0457 e. The van der Waals surface area contributed by atoms with E-state index in [2.05, 4.69) is 25.1 Å². The van der Waals surface area contributed by atoms with Gasteiger partial charge < -0.3 is 5.73 Å². The van der Waals surface area contributed by atoms with E-state index in [1.807, 2.05) is 12.1 Å². The molecular formula is C12H12ClNS. The summed E-state index contributed by atoms with van der Waals surface area (Å²) in [6.45, 7) is 2.58. The number of rotatable bonds is 2. The summed E-state index contributed by atoms with van der Waals surface area (Å²) in [6, 6.07) is 10.1. The van der Waals surface area contributed by atoms with Crippen molar-refractivity contribution in [2.75, 3.05) is 0 Å². The van der Waals surface area contributed by atoms with Gasteiger partial charge in [0, 0.05) is 21.3 Å². The van der Waals surface area contributed by atoms with Gasteiger partial charge >= 0.3 is 0 Å². The van der Waals surface area contributed by atoms with Gasteiger partial charge in [-0.1, -0.05) is 23.7 Å². The lowest BCUT2D eigenvalue weighted by Gasteiger charge is -2.07. The Kier molecular flexibility index (Phi) is 3.10. The lowest BCUT2D eigenvalue weighted by molar-refractivity contribution is 1.08. The van der Waals surface area contributed by atoms with Gasteiger partial charge in [0.25, 0.3) is 0 Å². The van der Waals surface area contributed by atoms with Gasteiger partial charge in [-0.05, 0) is 36.2 Å². The highest BCUT2D eigenvalue weighted by Gasteiger charge is 2.08. The topological polar surface area (TPSA) is 26.0 Å². The van der Waals surface area contributed by atoms with Crippen molar-refractivity contribution >= 4 is 22.9 Å². The largest absolute Gasteiger partial charge is 0.326 e. The van der Waals surface area contributed by atoms with Crippen LogP contribution in [0.4, 0.5) is 0 Å². The zero-order chi connectivity index (χ0) is 10.8. The van der Waals surface area contributed by atoms with E-state index in [1.165, 1.54) is 9.75 Å². The molecule has 0 bridgehead atoms. The van der Waals surface area contributed by atoms with Crippen LogP contribution in [0.1, 0.15) is 10.4 Å². The molecule has 2 N–H and O–H groups in total. The number of thiophene rings is 1. The molecule has 0 unspecified atom stereocenters. The summed E-state index contributed by atoms with van der Waals surface area (Å²) < 4.78 is 0. The fourth-order valence-electron chi connectivity index (χ4n) is 1.58. The molecule has 78 valence electrons. The molecule has 3 heteroatoms. The summed E-state index contributed by atoms with van der Waals surface area (Å²) in [5.41, 5.74) is 7.90. The number of aryl methyl sites for hydroxylation is 1. The molecule has 0 saturated heterocycles. The second kappa shape index (κ2) is 4.35. The van der Waals surface area contributed by atoms with Gasteiger partial charge in [-0.2, -0.15) is 0 Å². The van der Waals surface area contributed by atoms with Crippen molar-refractivity contribution in [2.45, 2.75) is 13.5 Å². The number of halogens is 1. The van der Waals surface area contributed by atoms with Crippen LogP contribution in [0.25, 0.3) is 10.4 Å². The normalized spacial score (nSPS) is 10.6. The zero-order valence-electron chi connectivity index (χ0n) is 8.46. The Bertz CT molecular complexity index is 476. The first kappa shape index (κ1) is 10.7. The van der Waals surface area contributed by atoms with E-state index in [4.69, 9.17) is 17.3 Å². The Balaban J connectivity index is 2.57. The second-order valence-corrected chi connectivity index (χ2v) is 5.08. The predicted molar refractivity (Wildman–Crippen MR) is 67.4 cm³/mol. The van der Waals surface area contributed by atoms with Crippen molar-refractivity contribution in [3.63, 3.8) is 0 Å². The number of nitrogens with two attached hydrogens (primary N) is 1. The Morgan fingerprint density at radius 1 is 1.27 bits per heavy atom. The fourth-order valence-corrected chi connectivity index (χ4v) is 2.75. The van der Waals surface area contributed by atoms with Crippen LogP contribution in [0.15, 0.2) is 30.3 Å². The molecule has 2 rings (SSSR count). The fraction of sp³-hybridized carbons (Fsp3) is 0.167. The Labute approximate surface area is 98.5 Å². The molecule has 0 atom stereocenters. The van der Waals surface area contributed by atoms with Crippen LogP contribution in [0, 0.1) is 6.92 Å². The maximum atomic E-state index is 6.11. The molecule has 1 nitrogen and oxygen atoms in total. The van der Waals surface area contributed by atoms with Crippen LogP contribution < -0.4 is 5.73 Å². The summed E-state index contributed by atoms with van der Waals surface area (Å²) >= 11 is 7.88. The van der Waals surface area contributed by atoms with Crippen molar-refractivity contribution in [2.24, 2.45) is 5.73 Å². The van der Waals surface area contributed by atoms with Gasteiger partial charge in [-0.3, -0.25) is 0 Å². The van der Waals surface area contributed by atoms with E-state index in [0.29, 0.717) is 6.54 Å². The predicted octanol–water partition coefficient (Wildman–Crippen LogP) is 3.84. The molecule has 1 aromatic heterocycles. The Hall–Kier alpha value is -0.830. The number of hydrogen-bond acceptors (Lipinski definition) is 2. The quantitative estimate of drug-likeness (QED) is 0.844. The molecule has 1 aromatic carbocycles. The third kappa shape index (κ3) is 2.07. The highest BCUT2D eigenvalue weighted by atomic mass is 35.5. The van der Waals surface area contributed by atoms with Gasteiger partial charge in [0.2, 0.25) is 0 Å². The third-order valence-electron chi connectivity index (χ3n) is 2.33. The molecule has 0 amide bonds. The first-order valence-corrected chi connectivity index (χ1v) is 5.96. The summed E-state index contributed by atoms with van der Waals surface area (Å²) in [5.74, 6) is 0. The van der Waals surface area contributed by atoms with Crippen molar-refractivity contribution in [3.05, 3.63) is 45.8 Å². The van der Waals surface area contributed by atoms with E-state index in [1.54, 1.807) is 11.3 Å². The van der Waals surface area contributed by atoms with Gasteiger partial charge in [-0.25, -0.2) is 0 Å². The standard InChI is InChI=1S/C12H12ClNS/c1-8-5-6-12(15-8)9-3-2-4-11(13)10(9)7-14/h2-6H,7,14H2,1H3. The molecular weight excluding hydrogens is 226 g/mol. The lowest BCUT2D eigenvalue weighted by atomic mass is 10.1. The van der Waals surface area contributed by atoms with E-state index in [9.17, 15) is 0 Å². The zero-order valence-corrected chi connectivity index (χ0v) is 10.0. The first-order chi connectivity index (χ1) is 7.22. The molecule has 0 radical (unpaired) electrons. The number of hydrogen-bond donors (Lipinski definition) is 1. The molecule has 1 heterocycles. The van der Waals surface area contributed by atoms with Crippen LogP contribution in [-0.4, -0.2) is 0 Å². The van der Waals surface area contributed by atoms with Crippen molar-refractivity contribution < 1.29 is 0 Å². The van der Waals surface area contributed by atoms with Crippen LogP contribution >= 0.6 is 22.9 Å². The molecule has 0 aliphatic rings. The van der Waals surface area contributed by atoms with Gasteiger partial charge in [0.15, 0.2) is 0 Å². The average molecular weight is 238 g/mol. The minimum absolute atomic E-state index is 0.478. The van der Waals surface area contributed by atoms with Crippen LogP contribution in [-0.2, 0) is 6.54 Å². The average Bonchev–Trinajstić information content (AvgIpc) is 2.64. The SMILES string of the molecule is Cc1ccc(-c2cccc(Cl)c2CN)s1. The minimum atomic E-state index is 0.478. The van der Waals surface area contributed by atoms with E-state index >= 15 is 0 Å². The van der Waals surface area contributed by atoms with Crippen LogP contribution in [0.5, 0.6) is 0 Å². The lowest BCUT2D eigenvalue weighted by Crippen LogP contribution is -1.99. The summed E-state index contributed by atoms with van der Waals surface area (Å²) in [4.78, 5) is 2.53. The van der Waals surface area contributed by atoms with Gasteiger partial charge in [-0.15, -0.1) is 11.3 Å². The van der Waals surface area contributed by atoms with Crippen molar-refractivity contribution in [1.82, 2.24) is 0 Å². The molecule has 15 heavy (non-hydrogen) atoms. The minimum Gasteiger partial charge on any atom is -0.326 e. The Morgan fingerprint density at radius 3 is 2.67 bits per heavy atom. The molecule has 2 aromatic rings. The summed E-state index contributed by atoms with van der Waals surface area (Å²) in [5, 5.41) is 0.751. The van der Waals surface area contributed by atoms with Crippen LogP contribution in [0.3, 0.4) is 0 Å². The molecule has 0 spiro atoms. The van der Waals surface area contributed by atoms with E-state index in [-0.39, 0.29) is 0 Å². The monoisotopic (exact) mass is 237 g/mol. The molecule has 0 fully saturated rings. The van der Waals surface area contributed by atoms with E-state index in [0.717, 1.165) is 16.1 Å². The third-order valence-corrected chi connectivity index (χ3v) is 3.72. The first-order valence-electron chi connectivity index (χ1n) is 4.76. The molecule has 0 aliphatic carbocycles. The maximum absolute atomic E-state index is 6.11. The maximum Gasteiger partial charge on any atom is 0.0457 e. The number of benzene rings is 1. The van der Waals surface area contributed by atoms with Crippen molar-refractivity contribution in [1.29, 1.82) is 0 Å². The second-order valence-electron chi connectivity index (χ2n) is 3.38. The van der Waals surface area contributed by atoms with E-state index < -0.39 is 0 Å². The Morgan fingerprint density at radius 2 is 2.07 bits per heavy atom. The van der Waals surface area contributed by atoms with Gasteiger partial charge in [0.05, 0.1) is 0 Å². The molecule has 0 saturated carbocycles. The highest BCUT2D eigenvalue weighted by molar-refractivity contribution is 7.15. The van der Waals surface area contributed by atoms with Crippen LogP contribution in [0.2, 0.25) is 5.02 Å². The summed E-state index contributed by atoms with van der Waals surface area (Å²) in [7, 11) is 0. The molecule has 0 aliphatic heterocycles. The highest BCUT2D eigenvalue weighted by Crippen LogP contribution is 2.33. The van der Waals surface area contributed by atoms with Gasteiger partial charge in [0.1, 0.15) is 0 Å².